The van der Waals surface area contributed by atoms with Crippen molar-refractivity contribution in [2.24, 2.45) is 5.92 Å². The van der Waals surface area contributed by atoms with Crippen molar-refractivity contribution in [1.82, 2.24) is 0 Å². The zero-order valence-electron chi connectivity index (χ0n) is 9.49. The summed E-state index contributed by atoms with van der Waals surface area (Å²) >= 11 is 0. The molecule has 2 rings (SSSR count). The molecule has 1 aromatic carbocycles. The van der Waals surface area contributed by atoms with E-state index in [9.17, 15) is 0 Å². The molecule has 0 aliphatic heterocycles. The highest BCUT2D eigenvalue weighted by Crippen LogP contribution is 2.35. The van der Waals surface area contributed by atoms with Crippen LogP contribution in [0.5, 0.6) is 0 Å². The molecular weight excluding hydrogens is 184 g/mol. The van der Waals surface area contributed by atoms with E-state index in [1.807, 2.05) is 0 Å². The number of methoxy groups -OCH3 is 1. The van der Waals surface area contributed by atoms with Crippen molar-refractivity contribution in [3.8, 4) is 0 Å². The van der Waals surface area contributed by atoms with E-state index < -0.39 is 0 Å². The van der Waals surface area contributed by atoms with Crippen LogP contribution >= 0.6 is 0 Å². The van der Waals surface area contributed by atoms with Crippen molar-refractivity contribution in [3.63, 3.8) is 0 Å². The largest absolute Gasteiger partial charge is 0.501 e. The van der Waals surface area contributed by atoms with E-state index >= 15 is 0 Å². The van der Waals surface area contributed by atoms with Crippen molar-refractivity contribution >= 4 is 5.57 Å². The zero-order valence-corrected chi connectivity index (χ0v) is 9.49. The normalized spacial score (nSPS) is 21.6. The van der Waals surface area contributed by atoms with Crippen LogP contribution in [0.2, 0.25) is 0 Å². The van der Waals surface area contributed by atoms with Crippen molar-refractivity contribution in [2.45, 2.75) is 26.2 Å². The first-order valence-electron chi connectivity index (χ1n) is 5.62. The first-order valence-corrected chi connectivity index (χ1v) is 5.62. The molecule has 1 heteroatoms. The lowest BCUT2D eigenvalue weighted by Crippen LogP contribution is -2.08. The van der Waals surface area contributed by atoms with Gasteiger partial charge in [-0.25, -0.2) is 0 Å². The van der Waals surface area contributed by atoms with Crippen LogP contribution in [0, 0.1) is 5.92 Å². The first kappa shape index (κ1) is 10.3. The highest BCUT2D eigenvalue weighted by Gasteiger charge is 2.19. The summed E-state index contributed by atoms with van der Waals surface area (Å²) in [7, 11) is 1.79. The summed E-state index contributed by atoms with van der Waals surface area (Å²) < 4.78 is 5.51. The second-order valence-corrected chi connectivity index (χ2v) is 4.32. The van der Waals surface area contributed by atoms with Gasteiger partial charge in [0.05, 0.1) is 12.9 Å². The van der Waals surface area contributed by atoms with E-state index in [0.717, 1.165) is 18.8 Å². The Hall–Kier alpha value is -1.24. The maximum Gasteiger partial charge on any atom is 0.0995 e. The Kier molecular flexibility index (Phi) is 3.10. The second kappa shape index (κ2) is 4.52. The lowest BCUT2D eigenvalue weighted by Gasteiger charge is -2.24. The van der Waals surface area contributed by atoms with Crippen LogP contribution in [0.4, 0.5) is 0 Å². The number of hydrogen-bond acceptors (Lipinski definition) is 1. The Balaban J connectivity index is 2.34. The van der Waals surface area contributed by atoms with Gasteiger partial charge in [-0.15, -0.1) is 0 Å². The fourth-order valence-corrected chi connectivity index (χ4v) is 2.22. The summed E-state index contributed by atoms with van der Waals surface area (Å²) in [5.41, 5.74) is 2.72. The van der Waals surface area contributed by atoms with Gasteiger partial charge < -0.3 is 4.74 Å². The van der Waals surface area contributed by atoms with Crippen LogP contribution in [-0.2, 0) is 4.74 Å². The van der Waals surface area contributed by atoms with Crippen molar-refractivity contribution in [2.75, 3.05) is 7.11 Å². The van der Waals surface area contributed by atoms with Gasteiger partial charge in [-0.3, -0.25) is 0 Å². The maximum atomic E-state index is 5.51. The van der Waals surface area contributed by atoms with Crippen molar-refractivity contribution in [1.29, 1.82) is 0 Å². The smallest absolute Gasteiger partial charge is 0.0995 e. The molecule has 1 unspecified atom stereocenters. The molecular formula is C14H18O. The highest BCUT2D eigenvalue weighted by atomic mass is 16.5. The number of benzene rings is 1. The third-order valence-electron chi connectivity index (χ3n) is 3.13. The fourth-order valence-electron chi connectivity index (χ4n) is 2.22. The minimum atomic E-state index is 0.757. The van der Waals surface area contributed by atoms with Crippen LogP contribution in [0.1, 0.15) is 31.7 Å². The van der Waals surface area contributed by atoms with Gasteiger partial charge >= 0.3 is 0 Å². The van der Waals surface area contributed by atoms with Crippen molar-refractivity contribution < 1.29 is 4.74 Å². The molecule has 0 spiro atoms. The van der Waals surface area contributed by atoms with Crippen LogP contribution in [0.25, 0.3) is 5.57 Å². The van der Waals surface area contributed by atoms with Gasteiger partial charge in [0.1, 0.15) is 0 Å². The molecule has 1 aromatic rings. The third kappa shape index (κ3) is 2.23. The van der Waals surface area contributed by atoms with E-state index in [1.54, 1.807) is 7.11 Å². The summed E-state index contributed by atoms with van der Waals surface area (Å²) in [6, 6.07) is 10.6. The number of allylic oxidation sites excluding steroid dienone is 2. The topological polar surface area (TPSA) is 9.23 Å². The van der Waals surface area contributed by atoms with Crippen LogP contribution in [0.3, 0.4) is 0 Å². The van der Waals surface area contributed by atoms with Gasteiger partial charge in [0.2, 0.25) is 0 Å². The molecule has 0 amide bonds. The SMILES string of the molecule is COC1=C(c2ccccc2)CCC(C)C1. The molecule has 1 aliphatic rings. The summed E-state index contributed by atoms with van der Waals surface area (Å²) in [5, 5.41) is 0. The predicted molar refractivity (Wildman–Crippen MR) is 63.4 cm³/mol. The Morgan fingerprint density at radius 3 is 2.60 bits per heavy atom. The fraction of sp³-hybridized carbons (Fsp3) is 0.429. The molecule has 1 atom stereocenters. The summed E-state index contributed by atoms with van der Waals surface area (Å²) in [5.74, 6) is 1.94. The van der Waals surface area contributed by atoms with E-state index in [2.05, 4.69) is 37.3 Å². The molecule has 0 bridgehead atoms. The molecule has 0 saturated heterocycles. The quantitative estimate of drug-likeness (QED) is 0.707. The number of ether oxygens (including phenoxy) is 1. The standard InChI is InChI=1S/C14H18O/c1-11-8-9-13(14(10-11)15-2)12-6-4-3-5-7-12/h3-7,11H,8-10H2,1-2H3. The number of hydrogen-bond donors (Lipinski definition) is 0. The lowest BCUT2D eigenvalue weighted by atomic mass is 9.86. The molecule has 0 N–H and O–H groups in total. The average molecular weight is 202 g/mol. The van der Waals surface area contributed by atoms with Gasteiger partial charge in [0.25, 0.3) is 0 Å². The average Bonchev–Trinajstić information content (AvgIpc) is 2.30. The van der Waals surface area contributed by atoms with E-state index in [4.69, 9.17) is 4.74 Å². The van der Waals surface area contributed by atoms with Gasteiger partial charge in [-0.05, 0) is 29.9 Å². The first-order chi connectivity index (χ1) is 7.31. The summed E-state index contributed by atoms with van der Waals surface area (Å²) in [4.78, 5) is 0. The predicted octanol–water partition coefficient (Wildman–Crippen LogP) is 3.86. The zero-order chi connectivity index (χ0) is 10.7. The summed E-state index contributed by atoms with van der Waals surface area (Å²) in [6.07, 6.45) is 3.51. The third-order valence-corrected chi connectivity index (χ3v) is 3.13. The highest BCUT2D eigenvalue weighted by molar-refractivity contribution is 5.68. The molecule has 0 saturated carbocycles. The Morgan fingerprint density at radius 2 is 1.93 bits per heavy atom. The molecule has 1 aliphatic carbocycles. The molecule has 0 radical (unpaired) electrons. The Bertz CT molecular complexity index is 351. The van der Waals surface area contributed by atoms with Gasteiger partial charge in [0.15, 0.2) is 0 Å². The van der Waals surface area contributed by atoms with Crippen LogP contribution in [-0.4, -0.2) is 7.11 Å². The lowest BCUT2D eigenvalue weighted by molar-refractivity contribution is 0.253. The van der Waals surface area contributed by atoms with Crippen LogP contribution in [0.15, 0.2) is 36.1 Å². The number of rotatable bonds is 2. The van der Waals surface area contributed by atoms with Gasteiger partial charge in [-0.2, -0.15) is 0 Å². The maximum absolute atomic E-state index is 5.51. The minimum absolute atomic E-state index is 0.757. The van der Waals surface area contributed by atoms with E-state index in [-0.39, 0.29) is 0 Å². The van der Waals surface area contributed by atoms with Crippen LogP contribution < -0.4 is 0 Å². The molecule has 15 heavy (non-hydrogen) atoms. The Morgan fingerprint density at radius 1 is 1.20 bits per heavy atom. The second-order valence-electron chi connectivity index (χ2n) is 4.32. The van der Waals surface area contributed by atoms with Gasteiger partial charge in [0, 0.05) is 6.42 Å². The minimum Gasteiger partial charge on any atom is -0.501 e. The molecule has 0 fully saturated rings. The van der Waals surface area contributed by atoms with E-state index in [1.165, 1.54) is 23.3 Å². The van der Waals surface area contributed by atoms with Gasteiger partial charge in [-0.1, -0.05) is 37.3 Å². The van der Waals surface area contributed by atoms with Crippen molar-refractivity contribution in [3.05, 3.63) is 41.7 Å². The Labute approximate surface area is 91.8 Å². The summed E-state index contributed by atoms with van der Waals surface area (Å²) in [6.45, 7) is 2.29. The monoisotopic (exact) mass is 202 g/mol. The van der Waals surface area contributed by atoms with E-state index in [0.29, 0.717) is 0 Å². The molecule has 0 aromatic heterocycles. The molecule has 0 heterocycles. The molecule has 1 nitrogen and oxygen atoms in total. The molecule has 80 valence electrons.